The summed E-state index contributed by atoms with van der Waals surface area (Å²) < 4.78 is 36.2. The minimum atomic E-state index is -4.67. The molecule has 0 aliphatic rings. The second-order valence-corrected chi connectivity index (χ2v) is 2.13. The molecule has 0 saturated heterocycles. The van der Waals surface area contributed by atoms with Gasteiger partial charge in [-0.25, -0.2) is 0 Å². The first-order valence-corrected chi connectivity index (χ1v) is 3.84. The molecule has 0 spiro atoms. The molecule has 4 N–H and O–H groups in total. The first-order valence-electron chi connectivity index (χ1n) is 2.45. The van der Waals surface area contributed by atoms with E-state index in [0.717, 1.165) is 0 Å². The standard InChI is InChI=1S/C5H8O.Na.H2O4S.H2O.H/c1-3-5-6-4-2;;1-5(2,3)4;;/h3-4H,1-2,5H2;;(H2,1,2,3,4);1H2;. The van der Waals surface area contributed by atoms with E-state index in [-0.39, 0.29) is 35.0 Å². The van der Waals surface area contributed by atoms with Crippen molar-refractivity contribution in [3.8, 4) is 0 Å². The van der Waals surface area contributed by atoms with E-state index in [9.17, 15) is 0 Å². The van der Waals surface area contributed by atoms with Gasteiger partial charge in [0.2, 0.25) is 0 Å². The van der Waals surface area contributed by atoms with Crippen LogP contribution in [0, 0.1) is 0 Å². The van der Waals surface area contributed by atoms with Crippen molar-refractivity contribution < 1.29 is 27.7 Å². The molecule has 0 aromatic rings. The van der Waals surface area contributed by atoms with Crippen molar-refractivity contribution in [3.05, 3.63) is 25.5 Å². The Hall–Kier alpha value is 0.110. The van der Waals surface area contributed by atoms with Gasteiger partial charge in [-0.3, -0.25) is 9.11 Å². The third-order valence-electron chi connectivity index (χ3n) is 0.332. The molecule has 6 nitrogen and oxygen atoms in total. The van der Waals surface area contributed by atoms with E-state index in [1.54, 1.807) is 6.08 Å². The molecule has 0 bridgehead atoms. The zero-order valence-corrected chi connectivity index (χ0v) is 7.12. The van der Waals surface area contributed by atoms with Gasteiger partial charge in [-0.2, -0.15) is 8.42 Å². The summed E-state index contributed by atoms with van der Waals surface area (Å²) in [7, 11) is -4.67. The molecule has 8 heteroatoms. The van der Waals surface area contributed by atoms with E-state index in [1.165, 1.54) is 6.26 Å². The molecule has 0 rings (SSSR count). The van der Waals surface area contributed by atoms with Crippen LogP contribution in [0.25, 0.3) is 0 Å². The van der Waals surface area contributed by atoms with E-state index >= 15 is 0 Å². The molecule has 0 aliphatic carbocycles. The average Bonchev–Trinajstić information content (AvgIpc) is 1.79. The van der Waals surface area contributed by atoms with Gasteiger partial charge < -0.3 is 10.2 Å². The number of hydrogen-bond donors (Lipinski definition) is 2. The van der Waals surface area contributed by atoms with Crippen LogP contribution < -0.4 is 0 Å². The number of rotatable bonds is 3. The van der Waals surface area contributed by atoms with Crippen LogP contribution in [0.2, 0.25) is 0 Å². The molecule has 0 aromatic heterocycles. The van der Waals surface area contributed by atoms with E-state index in [2.05, 4.69) is 17.9 Å². The second-order valence-electron chi connectivity index (χ2n) is 1.24. The molecule has 0 amide bonds. The van der Waals surface area contributed by atoms with Crippen LogP contribution in [0.3, 0.4) is 0 Å². The fraction of sp³-hybridized carbons (Fsp3) is 0.200. The summed E-state index contributed by atoms with van der Waals surface area (Å²) in [5, 5.41) is 0. The van der Waals surface area contributed by atoms with Crippen molar-refractivity contribution in [3.63, 3.8) is 0 Å². The molecule has 0 atom stereocenters. The first-order chi connectivity index (χ1) is 4.91. The van der Waals surface area contributed by atoms with Crippen molar-refractivity contribution in [2.24, 2.45) is 0 Å². The van der Waals surface area contributed by atoms with Crippen molar-refractivity contribution in [2.45, 2.75) is 0 Å². The Morgan fingerprint density at radius 2 is 1.62 bits per heavy atom. The Kier molecular flexibility index (Phi) is 26.1. The zero-order chi connectivity index (χ0) is 9.33. The summed E-state index contributed by atoms with van der Waals surface area (Å²) >= 11 is 0. The Morgan fingerprint density at radius 3 is 1.69 bits per heavy atom. The van der Waals surface area contributed by atoms with Crippen LogP contribution in [0.4, 0.5) is 0 Å². The molecule has 0 unspecified atom stereocenters. The summed E-state index contributed by atoms with van der Waals surface area (Å²) in [5.74, 6) is 0. The van der Waals surface area contributed by atoms with Gasteiger partial charge in [0.15, 0.2) is 0 Å². The van der Waals surface area contributed by atoms with Crippen molar-refractivity contribution in [2.75, 3.05) is 6.61 Å². The Labute approximate surface area is 99.5 Å². The Morgan fingerprint density at radius 1 is 1.31 bits per heavy atom. The van der Waals surface area contributed by atoms with E-state index in [1.807, 2.05) is 0 Å². The normalized spacial score (nSPS) is 7.54. The van der Waals surface area contributed by atoms with E-state index < -0.39 is 10.4 Å². The summed E-state index contributed by atoms with van der Waals surface area (Å²) in [5.41, 5.74) is 0. The van der Waals surface area contributed by atoms with Gasteiger partial charge in [0.1, 0.15) is 6.61 Å². The Bertz CT molecular complexity index is 183. The SMILES string of the molecule is C=CCOC=C.O.O=S(=O)(O)O.[NaH]. The third kappa shape index (κ3) is 128. The van der Waals surface area contributed by atoms with Crippen molar-refractivity contribution in [1.29, 1.82) is 0 Å². The van der Waals surface area contributed by atoms with Gasteiger partial charge in [0.05, 0.1) is 6.26 Å². The van der Waals surface area contributed by atoms with E-state index in [0.29, 0.717) is 6.61 Å². The van der Waals surface area contributed by atoms with Gasteiger partial charge in [-0.1, -0.05) is 19.2 Å². The topological polar surface area (TPSA) is 115 Å². The van der Waals surface area contributed by atoms with Crippen LogP contribution in [-0.4, -0.2) is 59.2 Å². The molecular weight excluding hydrogens is 211 g/mol. The van der Waals surface area contributed by atoms with Crippen molar-refractivity contribution >= 4 is 40.0 Å². The summed E-state index contributed by atoms with van der Waals surface area (Å²) in [4.78, 5) is 0. The fourth-order valence-corrected chi connectivity index (χ4v) is 0.136. The quantitative estimate of drug-likeness (QED) is 0.214. The molecule has 0 heterocycles. The third-order valence-corrected chi connectivity index (χ3v) is 0.332. The van der Waals surface area contributed by atoms with Gasteiger partial charge in [-0.15, -0.1) is 0 Å². The van der Waals surface area contributed by atoms with Crippen LogP contribution in [0.15, 0.2) is 25.5 Å². The molecule has 0 radical (unpaired) electrons. The monoisotopic (exact) mass is 224 g/mol. The molecule has 0 fully saturated rings. The van der Waals surface area contributed by atoms with Crippen LogP contribution in [-0.2, 0) is 15.1 Å². The number of hydrogen-bond acceptors (Lipinski definition) is 3. The molecule has 0 aromatic carbocycles. The fourth-order valence-electron chi connectivity index (χ4n) is 0.136. The van der Waals surface area contributed by atoms with Crippen molar-refractivity contribution in [1.82, 2.24) is 0 Å². The molecule has 0 aliphatic heterocycles. The average molecular weight is 224 g/mol. The maximum absolute atomic E-state index is 8.74. The summed E-state index contributed by atoms with van der Waals surface area (Å²) in [6.45, 7) is 7.31. The van der Waals surface area contributed by atoms with Crippen LogP contribution >= 0.6 is 0 Å². The molecular formula is C5H13NaO6S. The second kappa shape index (κ2) is 14.6. The minimum absolute atomic E-state index is 0. The van der Waals surface area contributed by atoms with Gasteiger partial charge in [0, 0.05) is 0 Å². The summed E-state index contributed by atoms with van der Waals surface area (Å²) in [6, 6.07) is 0. The molecule has 76 valence electrons. The first kappa shape index (κ1) is 23.2. The summed E-state index contributed by atoms with van der Waals surface area (Å²) in [6.07, 6.45) is 3.06. The van der Waals surface area contributed by atoms with Gasteiger partial charge in [-0.05, 0) is 0 Å². The molecule has 0 saturated carbocycles. The van der Waals surface area contributed by atoms with E-state index in [4.69, 9.17) is 17.5 Å². The molecule has 13 heavy (non-hydrogen) atoms. The number of ether oxygens (including phenoxy) is 1. The predicted octanol–water partition coefficient (Wildman–Crippen LogP) is -0.794. The zero-order valence-electron chi connectivity index (χ0n) is 6.30. The predicted molar refractivity (Wildman–Crippen MR) is 51.3 cm³/mol. The van der Waals surface area contributed by atoms with Gasteiger partial charge >= 0.3 is 40.0 Å². The van der Waals surface area contributed by atoms with Gasteiger partial charge in [0.25, 0.3) is 0 Å². The van der Waals surface area contributed by atoms with Crippen LogP contribution in [0.5, 0.6) is 0 Å². The Balaban J connectivity index is -0.0000000546. The maximum atomic E-state index is 8.74. The van der Waals surface area contributed by atoms with Crippen LogP contribution in [0.1, 0.15) is 0 Å².